The summed E-state index contributed by atoms with van der Waals surface area (Å²) in [4.78, 5) is 7.43. The lowest BCUT2D eigenvalue weighted by molar-refractivity contribution is 0.482. The Labute approximate surface area is 155 Å². The summed E-state index contributed by atoms with van der Waals surface area (Å²) in [6.07, 6.45) is 1.88. The van der Waals surface area contributed by atoms with Crippen LogP contribution < -0.4 is 10.1 Å². The van der Waals surface area contributed by atoms with Crippen molar-refractivity contribution in [1.29, 1.82) is 10.5 Å². The van der Waals surface area contributed by atoms with Crippen molar-refractivity contribution in [3.05, 3.63) is 78.1 Å². The molecular weight excluding hydrogens is 338 g/mol. The van der Waals surface area contributed by atoms with Gasteiger partial charge in [-0.05, 0) is 41.8 Å². The Hall–Kier alpha value is -4.29. The molecule has 0 saturated carbocycles. The third kappa shape index (κ3) is 3.55. The number of anilines is 2. The summed E-state index contributed by atoms with van der Waals surface area (Å²) in [6.45, 7) is 0. The molecule has 0 spiro atoms. The number of hydrogen-bond donors (Lipinski definition) is 2. The summed E-state index contributed by atoms with van der Waals surface area (Å²) in [7, 11) is 0. The Morgan fingerprint density at radius 2 is 1.85 bits per heavy atom. The lowest BCUT2D eigenvalue weighted by Gasteiger charge is -2.10. The van der Waals surface area contributed by atoms with Gasteiger partial charge >= 0.3 is 0 Å². The minimum atomic E-state index is 0.229. The Balaban J connectivity index is 1.64. The van der Waals surface area contributed by atoms with E-state index in [4.69, 9.17) is 10.00 Å². The van der Waals surface area contributed by atoms with Crippen LogP contribution in [0.25, 0.3) is 10.9 Å². The molecule has 0 atom stereocenters. The monoisotopic (exact) mass is 351 g/mol. The molecule has 0 unspecified atom stereocenters. The standard InChI is InChI=1S/C21H13N5O/c22-12-14-2-1-3-18(8-14)27-19-9-17(13-23)26-21(11-19)25-16-5-4-15-6-7-24-20(15)10-16/h1-11,24H,(H,25,26). The SMILES string of the molecule is N#Cc1cccc(Oc2cc(C#N)nc(Nc3ccc4cc[nH]c4c3)c2)c1. The summed E-state index contributed by atoms with van der Waals surface area (Å²) < 4.78 is 5.81. The van der Waals surface area contributed by atoms with Crippen LogP contribution in [0.5, 0.6) is 11.5 Å². The molecule has 6 nitrogen and oxygen atoms in total. The van der Waals surface area contributed by atoms with Gasteiger partial charge in [-0.15, -0.1) is 0 Å². The van der Waals surface area contributed by atoms with Crippen LogP contribution in [0.4, 0.5) is 11.5 Å². The van der Waals surface area contributed by atoms with Crippen molar-refractivity contribution >= 4 is 22.4 Å². The van der Waals surface area contributed by atoms with Gasteiger partial charge in [-0.25, -0.2) is 4.98 Å². The normalized spacial score (nSPS) is 10.1. The summed E-state index contributed by atoms with van der Waals surface area (Å²) in [6, 6.07) is 22.1. The first-order valence-corrected chi connectivity index (χ1v) is 8.18. The maximum atomic E-state index is 9.27. The van der Waals surface area contributed by atoms with Gasteiger partial charge < -0.3 is 15.0 Å². The molecule has 0 aliphatic carbocycles. The van der Waals surface area contributed by atoms with Crippen LogP contribution in [-0.4, -0.2) is 9.97 Å². The molecule has 2 aromatic heterocycles. The van der Waals surface area contributed by atoms with Gasteiger partial charge in [0.25, 0.3) is 0 Å². The highest BCUT2D eigenvalue weighted by atomic mass is 16.5. The average molecular weight is 351 g/mol. The van der Waals surface area contributed by atoms with Gasteiger partial charge in [0.05, 0.1) is 11.6 Å². The van der Waals surface area contributed by atoms with Crippen molar-refractivity contribution in [2.24, 2.45) is 0 Å². The van der Waals surface area contributed by atoms with Crippen LogP contribution in [0.15, 0.2) is 66.9 Å². The molecule has 4 rings (SSSR count). The summed E-state index contributed by atoms with van der Waals surface area (Å²) >= 11 is 0. The minimum absolute atomic E-state index is 0.229. The number of nitrogens with one attached hydrogen (secondary N) is 2. The molecule has 0 bridgehead atoms. The Bertz CT molecular complexity index is 1210. The molecule has 2 aromatic carbocycles. The van der Waals surface area contributed by atoms with Crippen LogP contribution in [0.3, 0.4) is 0 Å². The predicted molar refractivity (Wildman–Crippen MR) is 102 cm³/mol. The van der Waals surface area contributed by atoms with Crippen molar-refractivity contribution in [3.63, 3.8) is 0 Å². The molecular formula is C21H13N5O. The molecule has 27 heavy (non-hydrogen) atoms. The fourth-order valence-electron chi connectivity index (χ4n) is 2.72. The molecule has 128 valence electrons. The van der Waals surface area contributed by atoms with Crippen molar-refractivity contribution < 1.29 is 4.74 Å². The lowest BCUT2D eigenvalue weighted by Crippen LogP contribution is -1.97. The number of H-pyrrole nitrogens is 1. The zero-order valence-electron chi connectivity index (χ0n) is 14.1. The van der Waals surface area contributed by atoms with Crippen molar-refractivity contribution in [2.45, 2.75) is 0 Å². The minimum Gasteiger partial charge on any atom is -0.457 e. The largest absolute Gasteiger partial charge is 0.457 e. The zero-order valence-corrected chi connectivity index (χ0v) is 14.1. The number of benzene rings is 2. The van der Waals surface area contributed by atoms with Gasteiger partial charge in [0.1, 0.15) is 29.1 Å². The molecule has 4 aromatic rings. The van der Waals surface area contributed by atoms with Crippen molar-refractivity contribution in [3.8, 4) is 23.6 Å². The fraction of sp³-hybridized carbons (Fsp3) is 0. The highest BCUT2D eigenvalue weighted by molar-refractivity contribution is 5.83. The van der Waals surface area contributed by atoms with E-state index in [-0.39, 0.29) is 5.69 Å². The molecule has 6 heteroatoms. The number of hydrogen-bond acceptors (Lipinski definition) is 5. The van der Waals surface area contributed by atoms with Gasteiger partial charge in [-0.2, -0.15) is 10.5 Å². The predicted octanol–water partition coefficient (Wildman–Crippen LogP) is 4.84. The molecule has 0 aliphatic rings. The lowest BCUT2D eigenvalue weighted by atomic mass is 10.2. The fourth-order valence-corrected chi connectivity index (χ4v) is 2.72. The van der Waals surface area contributed by atoms with Crippen LogP contribution in [0.1, 0.15) is 11.3 Å². The Morgan fingerprint density at radius 3 is 2.70 bits per heavy atom. The topological polar surface area (TPSA) is 97.5 Å². The third-order valence-electron chi connectivity index (χ3n) is 3.94. The molecule has 0 fully saturated rings. The van der Waals surface area contributed by atoms with E-state index in [1.54, 1.807) is 36.4 Å². The Morgan fingerprint density at radius 1 is 0.926 bits per heavy atom. The van der Waals surface area contributed by atoms with E-state index in [0.717, 1.165) is 16.6 Å². The summed E-state index contributed by atoms with van der Waals surface area (Å²) in [5.74, 6) is 1.47. The van der Waals surface area contributed by atoms with Crippen LogP contribution in [0, 0.1) is 22.7 Å². The van der Waals surface area contributed by atoms with Crippen LogP contribution >= 0.6 is 0 Å². The maximum absolute atomic E-state index is 9.27. The number of ether oxygens (including phenoxy) is 1. The van der Waals surface area contributed by atoms with E-state index in [9.17, 15) is 5.26 Å². The molecule has 0 saturated heterocycles. The van der Waals surface area contributed by atoms with Gasteiger partial charge in [-0.1, -0.05) is 12.1 Å². The highest BCUT2D eigenvalue weighted by Gasteiger charge is 2.07. The maximum Gasteiger partial charge on any atom is 0.146 e. The smallest absolute Gasteiger partial charge is 0.146 e. The average Bonchev–Trinajstić information content (AvgIpc) is 3.15. The van der Waals surface area contributed by atoms with E-state index in [1.807, 2.05) is 36.5 Å². The van der Waals surface area contributed by atoms with E-state index in [1.165, 1.54) is 0 Å². The number of nitriles is 2. The summed E-state index contributed by atoms with van der Waals surface area (Å²) in [5.41, 5.74) is 2.57. The quantitative estimate of drug-likeness (QED) is 0.548. The van der Waals surface area contributed by atoms with E-state index in [2.05, 4.69) is 21.4 Å². The molecule has 2 heterocycles. The second-order valence-electron chi connectivity index (χ2n) is 5.83. The second-order valence-corrected chi connectivity index (χ2v) is 5.83. The van der Waals surface area contributed by atoms with Gasteiger partial charge in [0, 0.05) is 29.5 Å². The van der Waals surface area contributed by atoms with Crippen molar-refractivity contribution in [2.75, 3.05) is 5.32 Å². The molecule has 0 aliphatic heterocycles. The van der Waals surface area contributed by atoms with E-state index >= 15 is 0 Å². The highest BCUT2D eigenvalue weighted by Crippen LogP contribution is 2.27. The second kappa shape index (κ2) is 6.91. The third-order valence-corrected chi connectivity index (χ3v) is 3.94. The van der Waals surface area contributed by atoms with Crippen LogP contribution in [0.2, 0.25) is 0 Å². The van der Waals surface area contributed by atoms with Crippen LogP contribution in [-0.2, 0) is 0 Å². The number of nitrogens with zero attached hydrogens (tertiary/aromatic N) is 3. The van der Waals surface area contributed by atoms with E-state index in [0.29, 0.717) is 22.9 Å². The first kappa shape index (κ1) is 16.2. The zero-order chi connectivity index (χ0) is 18.6. The van der Waals surface area contributed by atoms with E-state index < -0.39 is 0 Å². The number of pyridine rings is 1. The number of aromatic nitrogens is 2. The number of rotatable bonds is 4. The molecule has 0 radical (unpaired) electrons. The van der Waals surface area contributed by atoms with Gasteiger partial charge in [-0.3, -0.25) is 0 Å². The number of aromatic amines is 1. The first-order chi connectivity index (χ1) is 13.2. The molecule has 2 N–H and O–H groups in total. The summed E-state index contributed by atoms with van der Waals surface area (Å²) in [5, 5.41) is 22.6. The first-order valence-electron chi connectivity index (χ1n) is 8.18. The molecule has 0 amide bonds. The van der Waals surface area contributed by atoms with Crippen molar-refractivity contribution in [1.82, 2.24) is 9.97 Å². The van der Waals surface area contributed by atoms with Gasteiger partial charge in [0.2, 0.25) is 0 Å². The number of fused-ring (bicyclic) bond motifs is 1. The van der Waals surface area contributed by atoms with Gasteiger partial charge in [0.15, 0.2) is 0 Å². The Kier molecular flexibility index (Phi) is 4.14.